The SMILES string of the molecule is Nc1ccc(NC(=O)c2cn[nH]c2)c(C(=O)O)c1. The monoisotopic (exact) mass is 246 g/mol. The summed E-state index contributed by atoms with van der Waals surface area (Å²) < 4.78 is 0. The van der Waals surface area contributed by atoms with Gasteiger partial charge in [-0.05, 0) is 18.2 Å². The van der Waals surface area contributed by atoms with E-state index in [0.717, 1.165) is 0 Å². The summed E-state index contributed by atoms with van der Waals surface area (Å²) in [6.07, 6.45) is 2.75. The number of H-pyrrole nitrogens is 1. The lowest BCUT2D eigenvalue weighted by Gasteiger charge is -2.08. The molecule has 2 aromatic rings. The highest BCUT2D eigenvalue weighted by Gasteiger charge is 2.14. The van der Waals surface area contributed by atoms with Gasteiger partial charge in [0.25, 0.3) is 5.91 Å². The molecule has 0 fully saturated rings. The summed E-state index contributed by atoms with van der Waals surface area (Å²) in [7, 11) is 0. The summed E-state index contributed by atoms with van der Waals surface area (Å²) in [5.74, 6) is -1.61. The van der Waals surface area contributed by atoms with Crippen LogP contribution >= 0.6 is 0 Å². The van der Waals surface area contributed by atoms with Gasteiger partial charge in [0.1, 0.15) is 0 Å². The number of nitrogen functional groups attached to an aromatic ring is 1. The van der Waals surface area contributed by atoms with Crippen LogP contribution in [-0.4, -0.2) is 27.2 Å². The number of rotatable bonds is 3. The number of anilines is 2. The largest absolute Gasteiger partial charge is 0.478 e. The van der Waals surface area contributed by atoms with E-state index in [9.17, 15) is 9.59 Å². The number of aromatic nitrogens is 2. The van der Waals surface area contributed by atoms with Gasteiger partial charge in [-0.3, -0.25) is 9.89 Å². The van der Waals surface area contributed by atoms with Gasteiger partial charge in [0.05, 0.1) is 23.0 Å². The molecular weight excluding hydrogens is 236 g/mol. The molecule has 7 heteroatoms. The molecule has 1 aromatic heterocycles. The van der Waals surface area contributed by atoms with E-state index >= 15 is 0 Å². The Balaban J connectivity index is 2.29. The highest BCUT2D eigenvalue weighted by Crippen LogP contribution is 2.19. The Morgan fingerprint density at radius 2 is 2.17 bits per heavy atom. The Hall–Kier alpha value is -2.83. The van der Waals surface area contributed by atoms with Crippen molar-refractivity contribution >= 4 is 23.3 Å². The number of carbonyl (C=O) groups excluding carboxylic acids is 1. The molecular formula is C11H10N4O3. The van der Waals surface area contributed by atoms with E-state index in [0.29, 0.717) is 11.3 Å². The van der Waals surface area contributed by atoms with E-state index in [4.69, 9.17) is 10.8 Å². The van der Waals surface area contributed by atoms with E-state index in [1.807, 2.05) is 0 Å². The molecule has 0 saturated heterocycles. The number of nitrogens with two attached hydrogens (primary N) is 1. The number of nitrogens with zero attached hydrogens (tertiary/aromatic N) is 1. The average Bonchev–Trinajstić information content (AvgIpc) is 2.84. The van der Waals surface area contributed by atoms with Crippen molar-refractivity contribution in [1.29, 1.82) is 0 Å². The van der Waals surface area contributed by atoms with Crippen LogP contribution in [-0.2, 0) is 0 Å². The van der Waals surface area contributed by atoms with Gasteiger partial charge in [-0.1, -0.05) is 0 Å². The van der Waals surface area contributed by atoms with Gasteiger partial charge >= 0.3 is 5.97 Å². The Labute approximate surface area is 102 Å². The molecule has 7 nitrogen and oxygen atoms in total. The maximum Gasteiger partial charge on any atom is 0.337 e. The molecule has 92 valence electrons. The lowest BCUT2D eigenvalue weighted by atomic mass is 10.1. The minimum atomic E-state index is -1.16. The molecule has 0 atom stereocenters. The van der Waals surface area contributed by atoms with E-state index in [-0.39, 0.29) is 11.3 Å². The summed E-state index contributed by atoms with van der Waals surface area (Å²) in [4.78, 5) is 22.8. The van der Waals surface area contributed by atoms with Crippen molar-refractivity contribution in [3.05, 3.63) is 41.7 Å². The second-order valence-corrected chi connectivity index (χ2v) is 3.55. The first-order chi connectivity index (χ1) is 8.58. The van der Waals surface area contributed by atoms with E-state index in [1.54, 1.807) is 0 Å². The van der Waals surface area contributed by atoms with Crippen LogP contribution in [0.5, 0.6) is 0 Å². The van der Waals surface area contributed by atoms with Crippen molar-refractivity contribution in [2.75, 3.05) is 11.1 Å². The molecule has 5 N–H and O–H groups in total. The molecule has 1 amide bonds. The first-order valence-electron chi connectivity index (χ1n) is 5.01. The van der Waals surface area contributed by atoms with Gasteiger partial charge in [0.15, 0.2) is 0 Å². The summed E-state index contributed by atoms with van der Waals surface area (Å²) in [6.45, 7) is 0. The number of carboxylic acids is 1. The number of amides is 1. The number of carboxylic acid groups (broad SMARTS) is 1. The van der Waals surface area contributed by atoms with Crippen LogP contribution in [0.25, 0.3) is 0 Å². The Kier molecular flexibility index (Phi) is 2.96. The van der Waals surface area contributed by atoms with Crippen molar-refractivity contribution in [3.8, 4) is 0 Å². The fourth-order valence-electron chi connectivity index (χ4n) is 1.42. The fraction of sp³-hybridized carbons (Fsp3) is 0. The van der Waals surface area contributed by atoms with E-state index in [1.165, 1.54) is 30.6 Å². The highest BCUT2D eigenvalue weighted by molar-refractivity contribution is 6.07. The fourth-order valence-corrected chi connectivity index (χ4v) is 1.42. The normalized spacial score (nSPS) is 10.0. The van der Waals surface area contributed by atoms with Crippen molar-refractivity contribution in [1.82, 2.24) is 10.2 Å². The van der Waals surface area contributed by atoms with Crippen LogP contribution in [0.1, 0.15) is 20.7 Å². The van der Waals surface area contributed by atoms with Crippen molar-refractivity contribution in [2.45, 2.75) is 0 Å². The molecule has 0 spiro atoms. The predicted octanol–water partition coefficient (Wildman–Crippen LogP) is 0.942. The van der Waals surface area contributed by atoms with Gasteiger partial charge in [-0.15, -0.1) is 0 Å². The topological polar surface area (TPSA) is 121 Å². The zero-order chi connectivity index (χ0) is 13.1. The summed E-state index contributed by atoms with van der Waals surface area (Å²) in [5, 5.41) is 17.6. The lowest BCUT2D eigenvalue weighted by molar-refractivity contribution is 0.0698. The quantitative estimate of drug-likeness (QED) is 0.600. The lowest BCUT2D eigenvalue weighted by Crippen LogP contribution is -2.14. The zero-order valence-corrected chi connectivity index (χ0v) is 9.18. The van der Waals surface area contributed by atoms with E-state index < -0.39 is 11.9 Å². The molecule has 0 bridgehead atoms. The first-order valence-corrected chi connectivity index (χ1v) is 5.01. The van der Waals surface area contributed by atoms with E-state index in [2.05, 4.69) is 15.5 Å². The number of hydrogen-bond acceptors (Lipinski definition) is 4. The van der Waals surface area contributed by atoms with Crippen molar-refractivity contribution < 1.29 is 14.7 Å². The molecule has 2 rings (SSSR count). The van der Waals surface area contributed by atoms with Crippen LogP contribution in [0.2, 0.25) is 0 Å². The molecule has 18 heavy (non-hydrogen) atoms. The maximum absolute atomic E-state index is 11.7. The zero-order valence-electron chi connectivity index (χ0n) is 9.18. The number of aromatic carboxylic acids is 1. The number of benzene rings is 1. The maximum atomic E-state index is 11.7. The van der Waals surface area contributed by atoms with Gasteiger partial charge < -0.3 is 16.2 Å². The number of nitrogens with one attached hydrogen (secondary N) is 2. The number of carbonyl (C=O) groups is 2. The minimum absolute atomic E-state index is 0.0631. The molecule has 0 unspecified atom stereocenters. The van der Waals surface area contributed by atoms with Crippen LogP contribution in [0.3, 0.4) is 0 Å². The third-order valence-corrected chi connectivity index (χ3v) is 2.28. The summed E-state index contributed by atoms with van der Waals surface area (Å²) >= 11 is 0. The van der Waals surface area contributed by atoms with Crippen molar-refractivity contribution in [3.63, 3.8) is 0 Å². The average molecular weight is 246 g/mol. The Morgan fingerprint density at radius 3 is 2.78 bits per heavy atom. The standard InChI is InChI=1S/C11H10N4O3/c12-7-1-2-9(8(3-7)11(17)18)15-10(16)6-4-13-14-5-6/h1-5H,12H2,(H,13,14)(H,15,16)(H,17,18). The molecule has 1 heterocycles. The van der Waals surface area contributed by atoms with Crippen LogP contribution in [0.4, 0.5) is 11.4 Å². The van der Waals surface area contributed by atoms with Crippen molar-refractivity contribution in [2.24, 2.45) is 0 Å². The molecule has 0 aliphatic carbocycles. The summed E-state index contributed by atoms with van der Waals surface area (Å²) in [6, 6.07) is 4.24. The molecule has 0 radical (unpaired) electrons. The third-order valence-electron chi connectivity index (χ3n) is 2.28. The Bertz CT molecular complexity index is 592. The molecule has 0 aliphatic rings. The highest BCUT2D eigenvalue weighted by atomic mass is 16.4. The second-order valence-electron chi connectivity index (χ2n) is 3.55. The molecule has 0 saturated carbocycles. The van der Waals surface area contributed by atoms with Gasteiger partial charge in [0, 0.05) is 11.9 Å². The van der Waals surface area contributed by atoms with Crippen LogP contribution in [0.15, 0.2) is 30.6 Å². The third kappa shape index (κ3) is 2.29. The minimum Gasteiger partial charge on any atom is -0.478 e. The van der Waals surface area contributed by atoms with Crippen LogP contribution < -0.4 is 11.1 Å². The number of hydrogen-bond donors (Lipinski definition) is 4. The van der Waals surface area contributed by atoms with Gasteiger partial charge in [-0.2, -0.15) is 5.10 Å². The first kappa shape index (κ1) is 11.6. The summed E-state index contributed by atoms with van der Waals surface area (Å²) in [5.41, 5.74) is 6.24. The van der Waals surface area contributed by atoms with Gasteiger partial charge in [0.2, 0.25) is 0 Å². The smallest absolute Gasteiger partial charge is 0.337 e. The van der Waals surface area contributed by atoms with Crippen LogP contribution in [0, 0.1) is 0 Å². The Morgan fingerprint density at radius 1 is 1.39 bits per heavy atom. The van der Waals surface area contributed by atoms with Gasteiger partial charge in [-0.25, -0.2) is 4.79 Å². The second kappa shape index (κ2) is 4.58. The molecule has 0 aliphatic heterocycles. The molecule has 1 aromatic carbocycles. The number of aromatic amines is 1. The predicted molar refractivity (Wildman–Crippen MR) is 64.4 cm³/mol.